The van der Waals surface area contributed by atoms with Crippen molar-refractivity contribution in [1.29, 1.82) is 0 Å². The lowest BCUT2D eigenvalue weighted by Gasteiger charge is -2.15. The molecule has 27 heavy (non-hydrogen) atoms. The number of nitrogens with one attached hydrogen (secondary N) is 3. The molecule has 1 fully saturated rings. The van der Waals surface area contributed by atoms with Crippen molar-refractivity contribution in [2.45, 2.75) is 39.5 Å². The third-order valence-electron chi connectivity index (χ3n) is 4.17. The molecule has 0 unspecified atom stereocenters. The van der Waals surface area contributed by atoms with Crippen LogP contribution in [-0.2, 0) is 4.79 Å². The van der Waals surface area contributed by atoms with Gasteiger partial charge in [0.15, 0.2) is 5.96 Å². The van der Waals surface area contributed by atoms with Gasteiger partial charge in [-0.3, -0.25) is 9.79 Å². The number of amides is 1. The minimum absolute atomic E-state index is 0. The minimum Gasteiger partial charge on any atom is -0.491 e. The van der Waals surface area contributed by atoms with Gasteiger partial charge in [0.25, 0.3) is 0 Å². The normalized spacial score (nSPS) is 13.7. The molecule has 1 aliphatic carbocycles. The monoisotopic (exact) mass is 488 g/mol. The Morgan fingerprint density at radius 2 is 1.93 bits per heavy atom. The van der Waals surface area contributed by atoms with E-state index in [1.54, 1.807) is 0 Å². The van der Waals surface area contributed by atoms with Crippen molar-refractivity contribution in [3.63, 3.8) is 0 Å². The zero-order chi connectivity index (χ0) is 18.8. The zero-order valence-corrected chi connectivity index (χ0v) is 18.9. The molecule has 7 heteroatoms. The number of carbonyl (C=O) groups is 1. The molecule has 0 saturated heterocycles. The third kappa shape index (κ3) is 8.81. The molecule has 0 radical (unpaired) electrons. The Balaban J connectivity index is 0.00000364. The highest BCUT2D eigenvalue weighted by Crippen LogP contribution is 2.28. The summed E-state index contributed by atoms with van der Waals surface area (Å²) in [5.41, 5.74) is 1.22. The molecule has 1 saturated carbocycles. The summed E-state index contributed by atoms with van der Waals surface area (Å²) in [6, 6.07) is 8.15. The average molecular weight is 488 g/mol. The number of hydrogen-bond acceptors (Lipinski definition) is 3. The van der Waals surface area contributed by atoms with Crippen molar-refractivity contribution in [2.75, 3.05) is 32.8 Å². The maximum absolute atomic E-state index is 11.6. The van der Waals surface area contributed by atoms with Crippen LogP contribution in [0.2, 0.25) is 0 Å². The maximum Gasteiger partial charge on any atom is 0.223 e. The molecule has 1 amide bonds. The molecule has 0 heterocycles. The van der Waals surface area contributed by atoms with Crippen LogP contribution in [0, 0.1) is 5.92 Å². The largest absolute Gasteiger partial charge is 0.491 e. The van der Waals surface area contributed by atoms with E-state index in [0.717, 1.165) is 31.1 Å². The van der Waals surface area contributed by atoms with Crippen molar-refractivity contribution in [2.24, 2.45) is 10.9 Å². The van der Waals surface area contributed by atoms with Crippen LogP contribution in [0.25, 0.3) is 0 Å². The highest BCUT2D eigenvalue weighted by Gasteiger charge is 2.28. The summed E-state index contributed by atoms with van der Waals surface area (Å²) in [6.45, 7) is 9.50. The van der Waals surface area contributed by atoms with Gasteiger partial charge in [-0.05, 0) is 37.3 Å². The van der Waals surface area contributed by atoms with Gasteiger partial charge in [-0.15, -0.1) is 24.0 Å². The van der Waals surface area contributed by atoms with Gasteiger partial charge in [-0.25, -0.2) is 0 Å². The van der Waals surface area contributed by atoms with E-state index in [4.69, 9.17) is 4.74 Å². The van der Waals surface area contributed by atoms with Gasteiger partial charge < -0.3 is 20.7 Å². The molecule has 0 spiro atoms. The van der Waals surface area contributed by atoms with E-state index in [2.05, 4.69) is 40.9 Å². The second kappa shape index (κ2) is 12.8. The topological polar surface area (TPSA) is 74.8 Å². The second-order valence-electron chi connectivity index (χ2n) is 6.79. The fraction of sp³-hybridized carbons (Fsp3) is 0.600. The molecule has 2 rings (SSSR count). The fourth-order valence-electron chi connectivity index (χ4n) is 2.60. The second-order valence-corrected chi connectivity index (χ2v) is 6.79. The summed E-state index contributed by atoms with van der Waals surface area (Å²) in [4.78, 5) is 16.1. The van der Waals surface area contributed by atoms with Crippen molar-refractivity contribution >= 4 is 35.8 Å². The molecule has 1 aliphatic rings. The Hall–Kier alpha value is -1.51. The molecule has 1 aromatic carbocycles. The molecule has 152 valence electrons. The Bertz CT molecular complexity index is 603. The van der Waals surface area contributed by atoms with Crippen LogP contribution in [0.4, 0.5) is 0 Å². The lowest BCUT2D eigenvalue weighted by atomic mass is 10.0. The summed E-state index contributed by atoms with van der Waals surface area (Å²) in [6.07, 6.45) is 2.05. The van der Waals surface area contributed by atoms with Gasteiger partial charge in [-0.2, -0.15) is 0 Å². The number of carbonyl (C=O) groups excluding carboxylic acids is 1. The lowest BCUT2D eigenvalue weighted by Crippen LogP contribution is -2.40. The summed E-state index contributed by atoms with van der Waals surface area (Å²) >= 11 is 0. The molecular formula is C20H33IN4O2. The van der Waals surface area contributed by atoms with E-state index >= 15 is 0 Å². The number of aliphatic imine (C=N–C) groups is 1. The lowest BCUT2D eigenvalue weighted by molar-refractivity contribution is -0.122. The number of rotatable bonds is 10. The Labute approximate surface area is 179 Å². The predicted molar refractivity (Wildman–Crippen MR) is 121 cm³/mol. The van der Waals surface area contributed by atoms with Gasteiger partial charge in [0.1, 0.15) is 12.4 Å². The molecule has 0 aromatic heterocycles. The van der Waals surface area contributed by atoms with Gasteiger partial charge in [0, 0.05) is 19.0 Å². The van der Waals surface area contributed by atoms with E-state index in [1.165, 1.54) is 5.56 Å². The van der Waals surface area contributed by atoms with Gasteiger partial charge >= 0.3 is 0 Å². The summed E-state index contributed by atoms with van der Waals surface area (Å²) < 4.78 is 5.92. The third-order valence-corrected chi connectivity index (χ3v) is 4.17. The van der Waals surface area contributed by atoms with Gasteiger partial charge in [0.05, 0.1) is 13.1 Å². The Morgan fingerprint density at radius 3 is 2.59 bits per heavy atom. The van der Waals surface area contributed by atoms with Crippen molar-refractivity contribution in [3.05, 3.63) is 29.8 Å². The molecule has 0 bridgehead atoms. The number of ether oxygens (including phenoxy) is 1. The molecule has 3 N–H and O–H groups in total. The highest BCUT2D eigenvalue weighted by atomic mass is 127. The van der Waals surface area contributed by atoms with E-state index < -0.39 is 0 Å². The van der Waals surface area contributed by atoms with E-state index in [1.807, 2.05) is 25.1 Å². The summed E-state index contributed by atoms with van der Waals surface area (Å²) in [7, 11) is 0. The SMILES string of the molecule is CCNC(=NCCNC(=O)C1CC1)NCCOc1ccccc1C(C)C.I. The number of guanidine groups is 1. The maximum atomic E-state index is 11.6. The first kappa shape index (κ1) is 23.5. The molecule has 1 aromatic rings. The molecule has 0 aliphatic heterocycles. The first-order valence-electron chi connectivity index (χ1n) is 9.63. The standard InChI is InChI=1S/C20H32N4O2.HI/c1-4-21-20(23-12-11-22-19(25)16-9-10-16)24-13-14-26-18-8-6-5-7-17(18)15(2)3;/h5-8,15-16H,4,9-14H2,1-3H3,(H,22,25)(H2,21,23,24);1H. The van der Waals surface area contributed by atoms with Crippen LogP contribution >= 0.6 is 24.0 Å². The van der Waals surface area contributed by atoms with Gasteiger partial charge in [-0.1, -0.05) is 32.0 Å². The average Bonchev–Trinajstić information content (AvgIpc) is 3.47. The summed E-state index contributed by atoms with van der Waals surface area (Å²) in [5.74, 6) is 2.53. The predicted octanol–water partition coefficient (Wildman–Crippen LogP) is 2.89. The molecule has 0 atom stereocenters. The smallest absolute Gasteiger partial charge is 0.223 e. The highest BCUT2D eigenvalue weighted by molar-refractivity contribution is 14.0. The van der Waals surface area contributed by atoms with Crippen LogP contribution < -0.4 is 20.7 Å². The number of halogens is 1. The Kier molecular flexibility index (Phi) is 11.2. The zero-order valence-electron chi connectivity index (χ0n) is 16.6. The van der Waals surface area contributed by atoms with Crippen LogP contribution in [0.5, 0.6) is 5.75 Å². The quantitative estimate of drug-likeness (QED) is 0.205. The van der Waals surface area contributed by atoms with Crippen molar-refractivity contribution in [3.8, 4) is 5.75 Å². The number of hydrogen-bond donors (Lipinski definition) is 3. The Morgan fingerprint density at radius 1 is 1.19 bits per heavy atom. The van der Waals surface area contributed by atoms with Crippen LogP contribution in [0.15, 0.2) is 29.3 Å². The van der Waals surface area contributed by atoms with Crippen LogP contribution in [-0.4, -0.2) is 44.7 Å². The van der Waals surface area contributed by atoms with E-state index in [-0.39, 0.29) is 35.8 Å². The minimum atomic E-state index is 0. The molecular weight excluding hydrogens is 455 g/mol. The van der Waals surface area contributed by atoms with Crippen LogP contribution in [0.3, 0.4) is 0 Å². The van der Waals surface area contributed by atoms with Gasteiger partial charge in [0.2, 0.25) is 5.91 Å². The fourth-order valence-corrected chi connectivity index (χ4v) is 2.60. The first-order chi connectivity index (χ1) is 12.6. The first-order valence-corrected chi connectivity index (χ1v) is 9.63. The van der Waals surface area contributed by atoms with Crippen LogP contribution in [0.1, 0.15) is 45.1 Å². The van der Waals surface area contributed by atoms with E-state index in [0.29, 0.717) is 32.2 Å². The van der Waals surface area contributed by atoms with Crippen molar-refractivity contribution < 1.29 is 9.53 Å². The molecule has 6 nitrogen and oxygen atoms in total. The number of para-hydroxylation sites is 1. The van der Waals surface area contributed by atoms with Crippen molar-refractivity contribution in [1.82, 2.24) is 16.0 Å². The summed E-state index contributed by atoms with van der Waals surface area (Å²) in [5, 5.41) is 9.39. The number of benzene rings is 1. The van der Waals surface area contributed by atoms with E-state index in [9.17, 15) is 4.79 Å². The number of nitrogens with zero attached hydrogens (tertiary/aromatic N) is 1.